The molecule has 0 saturated carbocycles. The number of hydrogen-bond donors (Lipinski definition) is 1. The molecule has 124 valence electrons. The quantitative estimate of drug-likeness (QED) is 0.786. The van der Waals surface area contributed by atoms with Crippen molar-refractivity contribution in [2.24, 2.45) is 7.05 Å². The molecule has 24 heavy (non-hydrogen) atoms. The van der Waals surface area contributed by atoms with Crippen LogP contribution in [0.25, 0.3) is 10.9 Å². The van der Waals surface area contributed by atoms with Crippen molar-refractivity contribution in [2.75, 3.05) is 18.0 Å². The average molecular weight is 326 g/mol. The van der Waals surface area contributed by atoms with Gasteiger partial charge in [-0.05, 0) is 49.2 Å². The van der Waals surface area contributed by atoms with Crippen molar-refractivity contribution in [3.8, 4) is 0 Å². The molecule has 0 bridgehead atoms. The summed E-state index contributed by atoms with van der Waals surface area (Å²) in [5, 5.41) is 15.9. The van der Waals surface area contributed by atoms with Crippen LogP contribution in [0, 0.1) is 5.82 Å². The van der Waals surface area contributed by atoms with E-state index in [0.717, 1.165) is 22.4 Å². The van der Waals surface area contributed by atoms with Crippen LogP contribution in [-0.2, 0) is 12.6 Å². The Hall–Kier alpha value is -2.47. The average Bonchev–Trinajstić information content (AvgIpc) is 3.02. The molecule has 1 N–H and O–H groups in total. The van der Waals surface area contributed by atoms with E-state index in [-0.39, 0.29) is 5.82 Å². The third kappa shape index (κ3) is 2.53. The normalized spacial score (nSPS) is 17.4. The second-order valence-corrected chi connectivity index (χ2v) is 6.37. The number of halogens is 1. The predicted molar refractivity (Wildman–Crippen MR) is 90.3 cm³/mol. The van der Waals surface area contributed by atoms with Crippen molar-refractivity contribution in [1.82, 2.24) is 14.8 Å². The van der Waals surface area contributed by atoms with Gasteiger partial charge in [-0.1, -0.05) is 0 Å². The molecular weight excluding hydrogens is 307 g/mol. The largest absolute Gasteiger partial charge is 0.383 e. The first-order valence-electron chi connectivity index (χ1n) is 8.07. The van der Waals surface area contributed by atoms with E-state index in [9.17, 15) is 9.50 Å². The molecule has 1 saturated heterocycles. The minimum atomic E-state index is -0.846. The lowest BCUT2D eigenvalue weighted by molar-refractivity contribution is 0.00404. The molecule has 0 spiro atoms. The van der Waals surface area contributed by atoms with E-state index in [2.05, 4.69) is 15.0 Å². The molecule has 3 aromatic rings. The number of aromatic nitrogens is 3. The van der Waals surface area contributed by atoms with Gasteiger partial charge >= 0.3 is 0 Å². The van der Waals surface area contributed by atoms with Gasteiger partial charge in [0.1, 0.15) is 17.2 Å². The van der Waals surface area contributed by atoms with Crippen molar-refractivity contribution in [3.63, 3.8) is 0 Å². The number of fused-ring (bicyclic) bond motifs is 1. The van der Waals surface area contributed by atoms with Crippen LogP contribution in [0.5, 0.6) is 0 Å². The van der Waals surface area contributed by atoms with Gasteiger partial charge < -0.3 is 10.0 Å². The van der Waals surface area contributed by atoms with E-state index in [4.69, 9.17) is 0 Å². The van der Waals surface area contributed by atoms with Gasteiger partial charge in [-0.2, -0.15) is 5.10 Å². The van der Waals surface area contributed by atoms with Gasteiger partial charge in [0, 0.05) is 31.7 Å². The SMILES string of the molecule is Cn1nccc1C1(O)CCN(c2ccc3cc(F)ccc3n2)CC1. The van der Waals surface area contributed by atoms with Crippen molar-refractivity contribution in [3.05, 3.63) is 54.1 Å². The molecule has 0 aliphatic carbocycles. The van der Waals surface area contributed by atoms with Crippen LogP contribution in [0.2, 0.25) is 0 Å². The van der Waals surface area contributed by atoms with Crippen LogP contribution in [-0.4, -0.2) is 33.0 Å². The van der Waals surface area contributed by atoms with Crippen molar-refractivity contribution < 1.29 is 9.50 Å². The van der Waals surface area contributed by atoms with Gasteiger partial charge in [0.25, 0.3) is 0 Å². The van der Waals surface area contributed by atoms with Crippen molar-refractivity contribution >= 4 is 16.7 Å². The summed E-state index contributed by atoms with van der Waals surface area (Å²) in [4.78, 5) is 6.79. The zero-order chi connectivity index (χ0) is 16.7. The van der Waals surface area contributed by atoms with Gasteiger partial charge in [-0.3, -0.25) is 4.68 Å². The minimum absolute atomic E-state index is 0.253. The molecule has 4 rings (SSSR count). The highest BCUT2D eigenvalue weighted by Crippen LogP contribution is 2.34. The number of aryl methyl sites for hydroxylation is 1. The summed E-state index contributed by atoms with van der Waals surface area (Å²) in [7, 11) is 1.85. The van der Waals surface area contributed by atoms with Gasteiger partial charge in [-0.15, -0.1) is 0 Å². The molecule has 5 nitrogen and oxygen atoms in total. The molecule has 1 aliphatic rings. The first kappa shape index (κ1) is 15.1. The molecule has 0 radical (unpaired) electrons. The van der Waals surface area contributed by atoms with Crippen LogP contribution in [0.1, 0.15) is 18.5 Å². The van der Waals surface area contributed by atoms with Crippen molar-refractivity contribution in [1.29, 1.82) is 0 Å². The maximum Gasteiger partial charge on any atom is 0.129 e. The molecule has 1 aromatic carbocycles. The van der Waals surface area contributed by atoms with Crippen LogP contribution in [0.3, 0.4) is 0 Å². The Balaban J connectivity index is 1.55. The highest BCUT2D eigenvalue weighted by molar-refractivity contribution is 5.80. The summed E-state index contributed by atoms with van der Waals surface area (Å²) < 4.78 is 15.0. The standard InChI is InChI=1S/C18H19FN4O/c1-22-16(6-9-20-22)18(24)7-10-23(11-8-18)17-5-2-13-12-14(19)3-4-15(13)21-17/h2-6,9,12,24H,7-8,10-11H2,1H3. The van der Waals surface area contributed by atoms with Crippen molar-refractivity contribution in [2.45, 2.75) is 18.4 Å². The van der Waals surface area contributed by atoms with Crippen LogP contribution in [0.4, 0.5) is 10.2 Å². The number of anilines is 1. The van der Waals surface area contributed by atoms with Crippen LogP contribution < -0.4 is 4.90 Å². The second kappa shape index (κ2) is 5.56. The summed E-state index contributed by atoms with van der Waals surface area (Å²) in [5.74, 6) is 0.609. The molecule has 6 heteroatoms. The smallest absolute Gasteiger partial charge is 0.129 e. The number of benzene rings is 1. The molecule has 1 aliphatic heterocycles. The number of pyridine rings is 1. The summed E-state index contributed by atoms with van der Waals surface area (Å²) in [6.45, 7) is 1.42. The zero-order valence-electron chi connectivity index (χ0n) is 13.5. The molecular formula is C18H19FN4O. The van der Waals surface area contributed by atoms with Crippen LogP contribution in [0.15, 0.2) is 42.6 Å². The van der Waals surface area contributed by atoms with E-state index in [1.54, 1.807) is 16.9 Å². The molecule has 0 atom stereocenters. The summed E-state index contributed by atoms with van der Waals surface area (Å²) >= 11 is 0. The topological polar surface area (TPSA) is 54.2 Å². The number of rotatable bonds is 2. The van der Waals surface area contributed by atoms with E-state index in [1.807, 2.05) is 25.2 Å². The van der Waals surface area contributed by atoms with E-state index >= 15 is 0 Å². The Labute approximate surface area is 139 Å². The van der Waals surface area contributed by atoms with Gasteiger partial charge in [0.15, 0.2) is 0 Å². The summed E-state index contributed by atoms with van der Waals surface area (Å²) in [6.07, 6.45) is 2.95. The maximum absolute atomic E-state index is 13.3. The Morgan fingerprint density at radius 2 is 1.92 bits per heavy atom. The van der Waals surface area contributed by atoms with Crippen LogP contribution >= 0.6 is 0 Å². The van der Waals surface area contributed by atoms with E-state index in [1.165, 1.54) is 12.1 Å². The fourth-order valence-electron chi connectivity index (χ4n) is 3.45. The highest BCUT2D eigenvalue weighted by atomic mass is 19.1. The summed E-state index contributed by atoms with van der Waals surface area (Å²) in [5.41, 5.74) is 0.785. The molecule has 3 heterocycles. The Bertz CT molecular complexity index is 884. The van der Waals surface area contributed by atoms with Gasteiger partial charge in [0.05, 0.1) is 11.2 Å². The lowest BCUT2D eigenvalue weighted by Crippen LogP contribution is -2.43. The Morgan fingerprint density at radius 3 is 2.62 bits per heavy atom. The Kier molecular flexibility index (Phi) is 3.49. The first-order chi connectivity index (χ1) is 11.5. The monoisotopic (exact) mass is 326 g/mol. The molecule has 0 unspecified atom stereocenters. The van der Waals surface area contributed by atoms with E-state index in [0.29, 0.717) is 25.9 Å². The lowest BCUT2D eigenvalue weighted by Gasteiger charge is -2.38. The predicted octanol–water partition coefficient (Wildman–Crippen LogP) is 2.60. The third-order valence-electron chi connectivity index (χ3n) is 4.85. The highest BCUT2D eigenvalue weighted by Gasteiger charge is 2.36. The number of nitrogens with zero attached hydrogens (tertiary/aromatic N) is 4. The van der Waals surface area contributed by atoms with E-state index < -0.39 is 5.60 Å². The summed E-state index contributed by atoms with van der Waals surface area (Å²) in [6, 6.07) is 10.3. The fraction of sp³-hybridized carbons (Fsp3) is 0.333. The molecule has 1 fully saturated rings. The third-order valence-corrected chi connectivity index (χ3v) is 4.85. The minimum Gasteiger partial charge on any atom is -0.383 e. The molecule has 2 aromatic heterocycles. The first-order valence-corrected chi connectivity index (χ1v) is 8.07. The van der Waals surface area contributed by atoms with Gasteiger partial charge in [0.2, 0.25) is 0 Å². The Morgan fingerprint density at radius 1 is 1.12 bits per heavy atom. The maximum atomic E-state index is 13.3. The number of aliphatic hydroxyl groups is 1. The lowest BCUT2D eigenvalue weighted by atomic mass is 9.88. The fourth-order valence-corrected chi connectivity index (χ4v) is 3.45. The number of piperidine rings is 1. The molecule has 0 amide bonds. The number of hydrogen-bond acceptors (Lipinski definition) is 4. The second-order valence-electron chi connectivity index (χ2n) is 6.37. The zero-order valence-corrected chi connectivity index (χ0v) is 13.5. The van der Waals surface area contributed by atoms with Gasteiger partial charge in [-0.25, -0.2) is 9.37 Å².